The molecule has 0 saturated heterocycles. The number of nitrogens with zero attached hydrogens (tertiary/aromatic N) is 2. The van der Waals surface area contributed by atoms with Gasteiger partial charge in [0.15, 0.2) is 0 Å². The largest absolute Gasteiger partial charge is 0.497 e. The fourth-order valence-electron chi connectivity index (χ4n) is 1.78. The van der Waals surface area contributed by atoms with E-state index in [1.807, 2.05) is 12.1 Å². The molecular formula is C13H14N2O4. The van der Waals surface area contributed by atoms with E-state index in [0.717, 1.165) is 5.56 Å². The van der Waals surface area contributed by atoms with Crippen molar-refractivity contribution < 1.29 is 19.4 Å². The molecule has 19 heavy (non-hydrogen) atoms. The fraction of sp³-hybridized carbons (Fsp3) is 0.231. The summed E-state index contributed by atoms with van der Waals surface area (Å²) in [4.78, 5) is 14.9. The molecule has 6 nitrogen and oxygen atoms in total. The lowest BCUT2D eigenvalue weighted by Gasteiger charge is -2.10. The molecule has 0 bridgehead atoms. The van der Waals surface area contributed by atoms with Crippen molar-refractivity contribution in [2.75, 3.05) is 14.2 Å². The van der Waals surface area contributed by atoms with Crippen LogP contribution in [0.1, 0.15) is 16.1 Å². The lowest BCUT2D eigenvalue weighted by Crippen LogP contribution is -2.08. The number of ether oxygens (including phenoxy) is 2. The van der Waals surface area contributed by atoms with Gasteiger partial charge in [-0.2, -0.15) is 0 Å². The summed E-state index contributed by atoms with van der Waals surface area (Å²) in [7, 11) is 3.14. The molecule has 0 saturated carbocycles. The number of hydrogen-bond acceptors (Lipinski definition) is 4. The topological polar surface area (TPSA) is 73.6 Å². The van der Waals surface area contributed by atoms with Gasteiger partial charge in [0, 0.05) is 12.6 Å². The van der Waals surface area contributed by atoms with Gasteiger partial charge in [-0.25, -0.2) is 9.78 Å². The van der Waals surface area contributed by atoms with E-state index in [-0.39, 0.29) is 5.69 Å². The van der Waals surface area contributed by atoms with Crippen molar-refractivity contribution in [3.8, 4) is 11.5 Å². The Labute approximate surface area is 110 Å². The molecule has 0 aliphatic rings. The van der Waals surface area contributed by atoms with Crippen molar-refractivity contribution in [1.82, 2.24) is 9.55 Å². The molecule has 0 atom stereocenters. The molecule has 0 fully saturated rings. The first-order valence-electron chi connectivity index (χ1n) is 5.59. The van der Waals surface area contributed by atoms with Gasteiger partial charge in [-0.15, -0.1) is 0 Å². The zero-order valence-corrected chi connectivity index (χ0v) is 10.7. The van der Waals surface area contributed by atoms with Crippen molar-refractivity contribution in [1.29, 1.82) is 0 Å². The van der Waals surface area contributed by atoms with Crippen LogP contribution in [0.25, 0.3) is 0 Å². The second-order valence-electron chi connectivity index (χ2n) is 3.93. The number of aromatic carboxylic acids is 1. The molecule has 6 heteroatoms. The number of aromatic nitrogens is 2. The number of benzene rings is 1. The van der Waals surface area contributed by atoms with E-state index in [0.29, 0.717) is 18.0 Å². The van der Waals surface area contributed by atoms with E-state index in [4.69, 9.17) is 14.6 Å². The molecule has 1 aromatic heterocycles. The Morgan fingerprint density at radius 1 is 1.26 bits per heavy atom. The van der Waals surface area contributed by atoms with Crippen LogP contribution in [0.4, 0.5) is 0 Å². The minimum absolute atomic E-state index is 0.141. The smallest absolute Gasteiger partial charge is 0.354 e. The van der Waals surface area contributed by atoms with Crippen molar-refractivity contribution in [2.24, 2.45) is 0 Å². The van der Waals surface area contributed by atoms with E-state index in [9.17, 15) is 4.79 Å². The van der Waals surface area contributed by atoms with Gasteiger partial charge in [0.1, 0.15) is 17.2 Å². The van der Waals surface area contributed by atoms with Gasteiger partial charge in [-0.1, -0.05) is 0 Å². The Bertz CT molecular complexity index is 570. The average Bonchev–Trinajstić information content (AvgIpc) is 2.86. The third kappa shape index (κ3) is 2.85. The first-order chi connectivity index (χ1) is 9.13. The lowest BCUT2D eigenvalue weighted by atomic mass is 10.2. The average molecular weight is 262 g/mol. The van der Waals surface area contributed by atoms with Gasteiger partial charge in [0.2, 0.25) is 0 Å². The van der Waals surface area contributed by atoms with Crippen molar-refractivity contribution in [3.63, 3.8) is 0 Å². The molecule has 1 N–H and O–H groups in total. The number of carbonyl (C=O) groups is 1. The Morgan fingerprint density at radius 2 is 1.89 bits per heavy atom. The van der Waals surface area contributed by atoms with E-state index < -0.39 is 5.97 Å². The highest BCUT2D eigenvalue weighted by Gasteiger charge is 2.11. The van der Waals surface area contributed by atoms with Crippen LogP contribution in [0.3, 0.4) is 0 Å². The molecule has 0 radical (unpaired) electrons. The first kappa shape index (κ1) is 12.9. The van der Waals surface area contributed by atoms with Gasteiger partial charge < -0.3 is 19.1 Å². The highest BCUT2D eigenvalue weighted by atomic mass is 16.5. The Hall–Kier alpha value is -2.50. The molecule has 2 aromatic rings. The lowest BCUT2D eigenvalue weighted by molar-refractivity contribution is 0.0685. The Kier molecular flexibility index (Phi) is 3.70. The monoisotopic (exact) mass is 262 g/mol. The maximum Gasteiger partial charge on any atom is 0.354 e. The van der Waals surface area contributed by atoms with Crippen LogP contribution in [0, 0.1) is 0 Å². The molecule has 0 aliphatic heterocycles. The number of carboxylic acids is 1. The van der Waals surface area contributed by atoms with E-state index >= 15 is 0 Å². The minimum atomic E-state index is -1.01. The second kappa shape index (κ2) is 5.43. The van der Waals surface area contributed by atoms with Gasteiger partial charge >= 0.3 is 5.97 Å². The maximum atomic E-state index is 11.0. The molecule has 0 aliphatic carbocycles. The fourth-order valence-corrected chi connectivity index (χ4v) is 1.78. The molecule has 0 amide bonds. The summed E-state index contributed by atoms with van der Waals surface area (Å²) in [6, 6.07) is 5.41. The van der Waals surface area contributed by atoms with E-state index in [1.165, 1.54) is 12.5 Å². The number of hydrogen-bond donors (Lipinski definition) is 1. The third-order valence-electron chi connectivity index (χ3n) is 2.70. The first-order valence-corrected chi connectivity index (χ1v) is 5.59. The molecule has 0 unspecified atom stereocenters. The minimum Gasteiger partial charge on any atom is -0.497 e. The number of methoxy groups -OCH3 is 2. The van der Waals surface area contributed by atoms with Gasteiger partial charge in [-0.05, 0) is 17.7 Å². The van der Waals surface area contributed by atoms with Crippen LogP contribution in [-0.2, 0) is 6.54 Å². The van der Waals surface area contributed by atoms with Gasteiger partial charge in [-0.3, -0.25) is 0 Å². The second-order valence-corrected chi connectivity index (χ2v) is 3.93. The van der Waals surface area contributed by atoms with Crippen molar-refractivity contribution in [3.05, 3.63) is 42.0 Å². The highest BCUT2D eigenvalue weighted by molar-refractivity contribution is 5.85. The summed E-state index contributed by atoms with van der Waals surface area (Å²) in [6.07, 6.45) is 2.80. The third-order valence-corrected chi connectivity index (χ3v) is 2.70. The van der Waals surface area contributed by atoms with Crippen LogP contribution in [0.15, 0.2) is 30.7 Å². The molecule has 0 spiro atoms. The van der Waals surface area contributed by atoms with Crippen LogP contribution in [0.2, 0.25) is 0 Å². The summed E-state index contributed by atoms with van der Waals surface area (Å²) in [5, 5.41) is 9.02. The predicted molar refractivity (Wildman–Crippen MR) is 67.8 cm³/mol. The van der Waals surface area contributed by atoms with Crippen molar-refractivity contribution in [2.45, 2.75) is 6.54 Å². The zero-order chi connectivity index (χ0) is 13.8. The Morgan fingerprint density at radius 3 is 2.42 bits per heavy atom. The number of carboxylic acid groups (broad SMARTS) is 1. The van der Waals surface area contributed by atoms with Gasteiger partial charge in [0.25, 0.3) is 0 Å². The summed E-state index contributed by atoms with van der Waals surface area (Å²) >= 11 is 0. The number of imidazole rings is 1. The van der Waals surface area contributed by atoms with E-state index in [1.54, 1.807) is 24.9 Å². The molecule has 100 valence electrons. The van der Waals surface area contributed by atoms with Crippen LogP contribution in [0.5, 0.6) is 11.5 Å². The summed E-state index contributed by atoms with van der Waals surface area (Å²) in [5.41, 5.74) is 1.01. The van der Waals surface area contributed by atoms with Crippen LogP contribution in [-0.4, -0.2) is 34.8 Å². The summed E-state index contributed by atoms with van der Waals surface area (Å²) in [6.45, 7) is 0.384. The predicted octanol–water partition coefficient (Wildman–Crippen LogP) is 1.65. The van der Waals surface area contributed by atoms with Crippen LogP contribution >= 0.6 is 0 Å². The van der Waals surface area contributed by atoms with E-state index in [2.05, 4.69) is 4.98 Å². The Balaban J connectivity index is 2.32. The normalized spacial score (nSPS) is 10.2. The maximum absolute atomic E-state index is 11.0. The molecule has 2 rings (SSSR count). The molecule has 1 aromatic carbocycles. The SMILES string of the molecule is COc1cc(Cn2cncc2C(=O)O)cc(OC)c1. The summed E-state index contributed by atoms with van der Waals surface area (Å²) in [5.74, 6) is 0.310. The summed E-state index contributed by atoms with van der Waals surface area (Å²) < 4.78 is 11.9. The van der Waals surface area contributed by atoms with Crippen molar-refractivity contribution >= 4 is 5.97 Å². The quantitative estimate of drug-likeness (QED) is 0.886. The number of rotatable bonds is 5. The molecular weight excluding hydrogens is 248 g/mol. The van der Waals surface area contributed by atoms with Crippen LogP contribution < -0.4 is 9.47 Å². The highest BCUT2D eigenvalue weighted by Crippen LogP contribution is 2.23. The standard InChI is InChI=1S/C13H14N2O4/c1-18-10-3-9(4-11(5-10)19-2)7-15-8-14-6-12(15)13(16)17/h3-6,8H,7H2,1-2H3,(H,16,17). The molecule has 1 heterocycles. The zero-order valence-electron chi connectivity index (χ0n) is 10.7. The van der Waals surface area contributed by atoms with Gasteiger partial charge in [0.05, 0.1) is 26.7 Å².